The Kier molecular flexibility index (Phi) is 4.03. The maximum absolute atomic E-state index is 13.0. The van der Waals surface area contributed by atoms with Gasteiger partial charge in [-0.25, -0.2) is 4.98 Å². The summed E-state index contributed by atoms with van der Waals surface area (Å²) in [4.78, 5) is 32.8. The third-order valence-electron chi connectivity index (χ3n) is 5.11. The van der Waals surface area contributed by atoms with Crippen LogP contribution in [0.5, 0.6) is 0 Å². The van der Waals surface area contributed by atoms with E-state index in [1.54, 1.807) is 17.9 Å². The standard InChI is InChI=1S/C16H19N5O3S/c1-17-12-10(21(23)24)7-18-15-11(12)13-14(25-15)16(22)20(8-19-13)9-5-3-2-4-6-9/h8-10,17H,2-7H2,1H3. The van der Waals surface area contributed by atoms with E-state index in [1.807, 2.05) is 0 Å². The summed E-state index contributed by atoms with van der Waals surface area (Å²) in [6, 6.07) is -0.716. The minimum absolute atomic E-state index is 0.0559. The van der Waals surface area contributed by atoms with Crippen LogP contribution in [0.4, 0.5) is 0 Å². The van der Waals surface area contributed by atoms with Crippen molar-refractivity contribution >= 4 is 27.3 Å². The second kappa shape index (κ2) is 6.21. The van der Waals surface area contributed by atoms with Crippen LogP contribution in [-0.2, 0) is 0 Å². The molecule has 1 aliphatic heterocycles. The Hall–Kier alpha value is -2.29. The van der Waals surface area contributed by atoms with E-state index in [1.165, 1.54) is 17.8 Å². The zero-order chi connectivity index (χ0) is 17.6. The number of thiophene rings is 1. The predicted octanol–water partition coefficient (Wildman–Crippen LogP) is 0.569. The van der Waals surface area contributed by atoms with Crippen LogP contribution in [0.25, 0.3) is 15.9 Å². The van der Waals surface area contributed by atoms with Crippen LogP contribution in [0.3, 0.4) is 0 Å². The van der Waals surface area contributed by atoms with Gasteiger partial charge in [-0.05, 0) is 12.8 Å². The molecule has 1 unspecified atom stereocenters. The van der Waals surface area contributed by atoms with E-state index in [0.717, 1.165) is 25.7 Å². The predicted molar refractivity (Wildman–Crippen MR) is 94.9 cm³/mol. The van der Waals surface area contributed by atoms with Crippen molar-refractivity contribution in [3.8, 4) is 0 Å². The van der Waals surface area contributed by atoms with Crippen LogP contribution in [-0.4, -0.2) is 34.1 Å². The maximum atomic E-state index is 13.0. The van der Waals surface area contributed by atoms with Gasteiger partial charge in [0.05, 0.1) is 22.8 Å². The first-order chi connectivity index (χ1) is 12.1. The number of nitro groups is 1. The molecule has 1 saturated carbocycles. The van der Waals surface area contributed by atoms with E-state index in [4.69, 9.17) is 0 Å². The summed E-state index contributed by atoms with van der Waals surface area (Å²) >= 11 is 1.29. The van der Waals surface area contributed by atoms with E-state index in [0.29, 0.717) is 25.8 Å². The number of fused-ring (bicyclic) bond motifs is 3. The highest BCUT2D eigenvalue weighted by Gasteiger charge is 2.30. The van der Waals surface area contributed by atoms with Crippen LogP contribution >= 0.6 is 11.3 Å². The van der Waals surface area contributed by atoms with E-state index >= 15 is 0 Å². The van der Waals surface area contributed by atoms with Gasteiger partial charge in [-0.3, -0.25) is 24.5 Å². The molecule has 25 heavy (non-hydrogen) atoms. The first kappa shape index (κ1) is 16.2. The van der Waals surface area contributed by atoms with Gasteiger partial charge in [0.25, 0.3) is 11.6 Å². The summed E-state index contributed by atoms with van der Waals surface area (Å²) in [6.45, 7) is 0.0831. The topological polar surface area (TPSA) is 102 Å². The molecule has 1 N–H and O–H groups in total. The Bertz CT molecular complexity index is 1020. The molecule has 0 spiro atoms. The molecular weight excluding hydrogens is 342 g/mol. The Balaban J connectivity index is 1.96. The van der Waals surface area contributed by atoms with Crippen LogP contribution in [0.1, 0.15) is 38.1 Å². The van der Waals surface area contributed by atoms with E-state index in [-0.39, 0.29) is 23.1 Å². The van der Waals surface area contributed by atoms with Crippen molar-refractivity contribution in [1.82, 2.24) is 14.9 Å². The van der Waals surface area contributed by atoms with Crippen molar-refractivity contribution < 1.29 is 4.92 Å². The van der Waals surface area contributed by atoms with Gasteiger partial charge < -0.3 is 5.32 Å². The number of nitrogens with one attached hydrogen (secondary N) is 1. The summed E-state index contributed by atoms with van der Waals surface area (Å²) in [7, 11) is 1.66. The van der Waals surface area contributed by atoms with Crippen LogP contribution in [0, 0.1) is 10.1 Å². The van der Waals surface area contributed by atoms with Crippen molar-refractivity contribution in [2.24, 2.45) is 4.99 Å². The number of hydrogen-bond donors (Lipinski definition) is 1. The highest BCUT2D eigenvalue weighted by Crippen LogP contribution is 2.27. The molecule has 9 heteroatoms. The minimum Gasteiger partial charge on any atom is -0.385 e. The molecule has 1 fully saturated rings. The molecule has 2 aromatic rings. The number of rotatable bonds is 3. The molecule has 4 rings (SSSR count). The third-order valence-corrected chi connectivity index (χ3v) is 6.21. The largest absolute Gasteiger partial charge is 0.385 e. The molecule has 1 aliphatic carbocycles. The van der Waals surface area contributed by atoms with Gasteiger partial charge in [-0.1, -0.05) is 19.3 Å². The smallest absolute Gasteiger partial charge is 0.272 e. The van der Waals surface area contributed by atoms with Gasteiger partial charge in [0.1, 0.15) is 15.9 Å². The van der Waals surface area contributed by atoms with Crippen molar-refractivity contribution in [2.75, 3.05) is 13.6 Å². The Morgan fingerprint density at radius 1 is 1.36 bits per heavy atom. The zero-order valence-electron chi connectivity index (χ0n) is 13.9. The average Bonchev–Trinajstić information content (AvgIpc) is 3.01. The lowest BCUT2D eigenvalue weighted by atomic mass is 9.95. The molecule has 2 aliphatic rings. The van der Waals surface area contributed by atoms with E-state index in [9.17, 15) is 14.9 Å². The first-order valence-corrected chi connectivity index (χ1v) is 9.33. The van der Waals surface area contributed by atoms with E-state index in [2.05, 4.69) is 15.3 Å². The van der Waals surface area contributed by atoms with Gasteiger partial charge >= 0.3 is 0 Å². The van der Waals surface area contributed by atoms with Gasteiger partial charge in [0, 0.05) is 18.0 Å². The molecule has 3 heterocycles. The minimum atomic E-state index is -0.919. The van der Waals surface area contributed by atoms with Crippen molar-refractivity contribution in [2.45, 2.75) is 44.2 Å². The SMILES string of the molecule is CNC1=c2c(sc3c(=O)n(C4CCCCC4)cnc23)=NCC1[N+](=O)[O-]. The lowest BCUT2D eigenvalue weighted by Gasteiger charge is -2.23. The van der Waals surface area contributed by atoms with Gasteiger partial charge in [-0.15, -0.1) is 11.3 Å². The molecule has 0 bridgehead atoms. The lowest BCUT2D eigenvalue weighted by molar-refractivity contribution is -0.504. The molecule has 0 saturated heterocycles. The Morgan fingerprint density at radius 2 is 2.12 bits per heavy atom. The molecule has 8 nitrogen and oxygen atoms in total. The van der Waals surface area contributed by atoms with Crippen LogP contribution in [0.2, 0.25) is 0 Å². The molecular formula is C16H19N5O3S. The molecule has 0 aromatic carbocycles. The number of likely N-dealkylation sites (N-methyl/N-ethyl adjacent to an activating group) is 1. The fourth-order valence-electron chi connectivity index (χ4n) is 3.83. The third kappa shape index (κ3) is 2.53. The molecule has 1 atom stereocenters. The van der Waals surface area contributed by atoms with Crippen LogP contribution in [0.15, 0.2) is 16.1 Å². The summed E-state index contributed by atoms with van der Waals surface area (Å²) in [5.74, 6) is 0. The number of hydrogen-bond acceptors (Lipinski definition) is 7. The van der Waals surface area contributed by atoms with Gasteiger partial charge in [-0.2, -0.15) is 0 Å². The second-order valence-electron chi connectivity index (χ2n) is 6.51. The summed E-state index contributed by atoms with van der Waals surface area (Å²) < 4.78 is 2.94. The molecule has 2 aromatic heterocycles. The summed E-state index contributed by atoms with van der Waals surface area (Å²) in [5.41, 5.74) is 0.958. The Labute approximate surface area is 147 Å². The van der Waals surface area contributed by atoms with Crippen LogP contribution < -0.4 is 20.8 Å². The molecule has 0 amide bonds. The van der Waals surface area contributed by atoms with E-state index < -0.39 is 6.04 Å². The quantitative estimate of drug-likeness (QED) is 0.636. The maximum Gasteiger partial charge on any atom is 0.272 e. The van der Waals surface area contributed by atoms with Gasteiger partial charge in [0.15, 0.2) is 0 Å². The second-order valence-corrected chi connectivity index (χ2v) is 7.51. The van der Waals surface area contributed by atoms with Crippen molar-refractivity contribution in [3.05, 3.63) is 36.7 Å². The van der Waals surface area contributed by atoms with Crippen molar-refractivity contribution in [3.63, 3.8) is 0 Å². The highest BCUT2D eigenvalue weighted by molar-refractivity contribution is 7.16. The van der Waals surface area contributed by atoms with Crippen molar-refractivity contribution in [1.29, 1.82) is 0 Å². The van der Waals surface area contributed by atoms with Gasteiger partial charge in [0.2, 0.25) is 0 Å². The summed E-state index contributed by atoms with van der Waals surface area (Å²) in [5, 5.41) is 14.9. The average molecular weight is 361 g/mol. The monoisotopic (exact) mass is 361 g/mol. The fraction of sp³-hybridized carbons (Fsp3) is 0.562. The lowest BCUT2D eigenvalue weighted by Crippen LogP contribution is -2.43. The zero-order valence-corrected chi connectivity index (χ0v) is 14.7. The fourth-order valence-corrected chi connectivity index (χ4v) is 4.92. The first-order valence-electron chi connectivity index (χ1n) is 8.51. The number of aromatic nitrogens is 2. The summed E-state index contributed by atoms with van der Waals surface area (Å²) in [6.07, 6.45) is 7.09. The molecule has 0 radical (unpaired) electrons. The Morgan fingerprint density at radius 3 is 2.80 bits per heavy atom. The normalized spacial score (nSPS) is 21.0. The highest BCUT2D eigenvalue weighted by atomic mass is 32.1. The number of nitrogens with zero attached hydrogens (tertiary/aromatic N) is 4. The molecule has 132 valence electrons.